The number of nitrogens with zero attached hydrogens (tertiary/aromatic N) is 3. The van der Waals surface area contributed by atoms with Gasteiger partial charge in [-0.25, -0.2) is 4.98 Å². The maximum Gasteiger partial charge on any atom is 0.322 e. The van der Waals surface area contributed by atoms with Crippen LogP contribution in [0.25, 0.3) is 0 Å². The highest BCUT2D eigenvalue weighted by Crippen LogP contribution is 2.30. The Kier molecular flexibility index (Phi) is 5.47. The Labute approximate surface area is 126 Å². The molecule has 1 heterocycles. The molecule has 0 saturated carbocycles. The van der Waals surface area contributed by atoms with Crippen LogP contribution in [-0.4, -0.2) is 39.3 Å². The van der Waals surface area contributed by atoms with E-state index in [1.165, 1.54) is 6.92 Å². The van der Waals surface area contributed by atoms with Gasteiger partial charge in [-0.2, -0.15) is 4.98 Å². The van der Waals surface area contributed by atoms with Crippen molar-refractivity contribution in [2.45, 2.75) is 38.3 Å². The van der Waals surface area contributed by atoms with E-state index in [9.17, 15) is 14.9 Å². The van der Waals surface area contributed by atoms with Gasteiger partial charge in [0.05, 0.1) is 10.7 Å². The lowest BCUT2D eigenvalue weighted by molar-refractivity contribution is -0.389. The zero-order chi connectivity index (χ0) is 16.2. The molecular formula is C12H18N4O4S. The molecule has 0 aliphatic rings. The van der Waals surface area contributed by atoms with Crippen molar-refractivity contribution in [2.75, 3.05) is 18.1 Å². The van der Waals surface area contributed by atoms with Gasteiger partial charge in [-0.1, -0.05) is 11.8 Å². The first-order chi connectivity index (χ1) is 9.64. The molecule has 0 unspecified atom stereocenters. The van der Waals surface area contributed by atoms with Gasteiger partial charge in [-0.15, -0.1) is 0 Å². The van der Waals surface area contributed by atoms with Gasteiger partial charge in [-0.05, 0) is 27.7 Å². The van der Waals surface area contributed by atoms with Crippen molar-refractivity contribution in [2.24, 2.45) is 0 Å². The number of ether oxygens (including phenoxy) is 1. The second kappa shape index (κ2) is 6.70. The van der Waals surface area contributed by atoms with Crippen LogP contribution >= 0.6 is 11.8 Å². The summed E-state index contributed by atoms with van der Waals surface area (Å²) in [5.74, 6) is -0.244. The van der Waals surface area contributed by atoms with Crippen LogP contribution in [0.1, 0.15) is 26.5 Å². The Morgan fingerprint density at radius 1 is 1.43 bits per heavy atom. The van der Waals surface area contributed by atoms with Gasteiger partial charge in [0.15, 0.2) is 5.03 Å². The molecule has 9 heteroatoms. The van der Waals surface area contributed by atoms with E-state index >= 15 is 0 Å². The zero-order valence-corrected chi connectivity index (χ0v) is 13.4. The van der Waals surface area contributed by atoms with E-state index in [2.05, 4.69) is 15.3 Å². The summed E-state index contributed by atoms with van der Waals surface area (Å²) in [6.07, 6.45) is 0. The topological polar surface area (TPSA) is 107 Å². The molecule has 0 aromatic carbocycles. The van der Waals surface area contributed by atoms with Crippen molar-refractivity contribution in [1.82, 2.24) is 9.97 Å². The van der Waals surface area contributed by atoms with Crippen LogP contribution in [0.15, 0.2) is 5.03 Å². The molecule has 0 bridgehead atoms. The van der Waals surface area contributed by atoms with Crippen LogP contribution in [0.2, 0.25) is 0 Å². The summed E-state index contributed by atoms with van der Waals surface area (Å²) in [5.41, 5.74) is -0.546. The van der Waals surface area contributed by atoms with E-state index in [0.29, 0.717) is 0 Å². The monoisotopic (exact) mass is 314 g/mol. The molecule has 0 radical (unpaired) electrons. The Bertz CT molecular complexity index is 557. The van der Waals surface area contributed by atoms with Crippen molar-refractivity contribution >= 4 is 29.4 Å². The van der Waals surface area contributed by atoms with Crippen molar-refractivity contribution in [1.29, 1.82) is 0 Å². The Morgan fingerprint density at radius 2 is 2.05 bits per heavy atom. The summed E-state index contributed by atoms with van der Waals surface area (Å²) in [4.78, 5) is 30.2. The van der Waals surface area contributed by atoms with Crippen LogP contribution in [0.5, 0.6) is 0 Å². The molecule has 8 nitrogen and oxygen atoms in total. The zero-order valence-electron chi connectivity index (χ0n) is 12.6. The van der Waals surface area contributed by atoms with Crippen molar-refractivity contribution in [3.8, 4) is 0 Å². The minimum absolute atomic E-state index is 0.0578. The highest BCUT2D eigenvalue weighted by atomic mass is 32.2. The summed E-state index contributed by atoms with van der Waals surface area (Å²) < 4.78 is 5.16. The second-order valence-electron chi connectivity index (χ2n) is 5.17. The summed E-state index contributed by atoms with van der Waals surface area (Å²) in [5, 5.41) is 14.0. The quantitative estimate of drug-likeness (QED) is 0.290. The van der Waals surface area contributed by atoms with Gasteiger partial charge >= 0.3 is 11.7 Å². The number of carbonyl (C=O) groups excluding carboxylic acids is 1. The summed E-state index contributed by atoms with van der Waals surface area (Å²) in [6.45, 7) is 6.79. The molecule has 21 heavy (non-hydrogen) atoms. The molecule has 0 spiro atoms. The van der Waals surface area contributed by atoms with Crippen molar-refractivity contribution in [3.63, 3.8) is 0 Å². The lowest BCUT2D eigenvalue weighted by atomic mass is 10.2. The highest BCUT2D eigenvalue weighted by Gasteiger charge is 2.24. The standard InChI is InChI=1S/C12H18N4O4S/c1-7-9(16(18)19)10(15-11(13-5)14-7)21-6-8(17)20-12(2,3)4/h6H2,1-5H3,(H,13,14,15). The molecule has 0 atom stereocenters. The normalized spacial score (nSPS) is 11.1. The van der Waals surface area contributed by atoms with Crippen LogP contribution < -0.4 is 5.32 Å². The number of hydrogen-bond acceptors (Lipinski definition) is 8. The number of rotatable bonds is 5. The molecular weight excluding hydrogens is 296 g/mol. The van der Waals surface area contributed by atoms with E-state index in [1.807, 2.05) is 0 Å². The largest absolute Gasteiger partial charge is 0.459 e. The number of carbonyl (C=O) groups is 1. The summed E-state index contributed by atoms with van der Waals surface area (Å²) in [6, 6.07) is 0. The summed E-state index contributed by atoms with van der Waals surface area (Å²) in [7, 11) is 1.61. The van der Waals surface area contributed by atoms with E-state index in [1.54, 1.807) is 27.8 Å². The minimum Gasteiger partial charge on any atom is -0.459 e. The smallest absolute Gasteiger partial charge is 0.322 e. The van der Waals surface area contributed by atoms with Gasteiger partial charge in [0, 0.05) is 7.05 Å². The summed E-state index contributed by atoms with van der Waals surface area (Å²) >= 11 is 0.961. The predicted molar refractivity (Wildman–Crippen MR) is 79.5 cm³/mol. The van der Waals surface area contributed by atoms with Gasteiger partial charge in [-0.3, -0.25) is 14.9 Å². The van der Waals surface area contributed by atoms with Gasteiger partial charge < -0.3 is 10.1 Å². The van der Waals surface area contributed by atoms with Crippen LogP contribution in [0, 0.1) is 17.0 Å². The van der Waals surface area contributed by atoms with Gasteiger partial charge in [0.1, 0.15) is 11.3 Å². The SMILES string of the molecule is CNc1nc(C)c([N+](=O)[O-])c(SCC(=O)OC(C)(C)C)n1. The van der Waals surface area contributed by atoms with Gasteiger partial charge in [0.2, 0.25) is 5.95 Å². The third-order valence-corrected chi connectivity index (χ3v) is 3.12. The first-order valence-corrected chi connectivity index (χ1v) is 7.18. The third-order valence-electron chi connectivity index (χ3n) is 2.18. The number of aromatic nitrogens is 2. The van der Waals surface area contributed by atoms with Crippen LogP contribution in [0.3, 0.4) is 0 Å². The fraction of sp³-hybridized carbons (Fsp3) is 0.583. The number of nitrogens with one attached hydrogen (secondary N) is 1. The molecule has 0 saturated heterocycles. The predicted octanol–water partition coefficient (Wildman–Crippen LogP) is 2.17. The molecule has 116 valence electrons. The number of esters is 1. The van der Waals surface area contributed by atoms with Crippen LogP contribution in [-0.2, 0) is 9.53 Å². The third kappa shape index (κ3) is 5.18. The maximum atomic E-state index is 11.7. The first kappa shape index (κ1) is 17.2. The second-order valence-corrected chi connectivity index (χ2v) is 6.13. The first-order valence-electron chi connectivity index (χ1n) is 6.19. The number of hydrogen-bond donors (Lipinski definition) is 1. The fourth-order valence-corrected chi connectivity index (χ4v) is 2.29. The molecule has 0 fully saturated rings. The molecule has 1 N–H and O–H groups in total. The lowest BCUT2D eigenvalue weighted by Crippen LogP contribution is -2.25. The molecule has 0 aliphatic carbocycles. The Morgan fingerprint density at radius 3 is 2.52 bits per heavy atom. The average Bonchev–Trinajstić information content (AvgIpc) is 2.32. The van der Waals surface area contributed by atoms with E-state index in [4.69, 9.17) is 4.74 Å². The Balaban J connectivity index is 2.94. The highest BCUT2D eigenvalue weighted by molar-refractivity contribution is 8.00. The molecule has 0 amide bonds. The number of aryl methyl sites for hydroxylation is 1. The minimum atomic E-state index is -0.596. The average molecular weight is 314 g/mol. The van der Waals surface area contributed by atoms with Crippen LogP contribution in [0.4, 0.5) is 11.6 Å². The molecule has 1 rings (SSSR count). The molecule has 1 aromatic heterocycles. The van der Waals surface area contributed by atoms with E-state index in [0.717, 1.165) is 11.8 Å². The van der Waals surface area contributed by atoms with Gasteiger partial charge in [0.25, 0.3) is 0 Å². The number of nitro groups is 1. The van der Waals surface area contributed by atoms with Crippen molar-refractivity contribution in [3.05, 3.63) is 15.8 Å². The maximum absolute atomic E-state index is 11.7. The van der Waals surface area contributed by atoms with Crippen molar-refractivity contribution < 1.29 is 14.5 Å². The van der Waals surface area contributed by atoms with E-state index < -0.39 is 16.5 Å². The molecule has 1 aromatic rings. The Hall–Kier alpha value is -1.90. The fourth-order valence-electron chi connectivity index (χ4n) is 1.46. The molecule has 0 aliphatic heterocycles. The number of anilines is 1. The lowest BCUT2D eigenvalue weighted by Gasteiger charge is -2.19. The van der Waals surface area contributed by atoms with E-state index in [-0.39, 0.29) is 28.1 Å². The number of thioether (sulfide) groups is 1.